The first kappa shape index (κ1) is 98.6. The molecule has 0 spiro atoms. The highest BCUT2D eigenvalue weighted by Crippen LogP contribution is 2.42. The molecule has 0 aromatic heterocycles. The number of alkyl halides is 2. The molecule has 690 valence electrons. The van der Waals surface area contributed by atoms with Crippen LogP contribution in [-0.4, -0.2) is 296 Å². The first-order valence-corrected chi connectivity index (χ1v) is 42.1. The Kier molecular flexibility index (Phi) is 38.6. The Morgan fingerprint density at radius 1 is 0.524 bits per heavy atom. The second kappa shape index (κ2) is 48.6. The van der Waals surface area contributed by atoms with E-state index in [4.69, 9.17) is 111 Å². The fourth-order valence-corrected chi connectivity index (χ4v) is 16.0. The third-order valence-corrected chi connectivity index (χ3v) is 23.3. The summed E-state index contributed by atoms with van der Waals surface area (Å²) in [6, 6.07) is 23.2. The molecule has 3 aromatic rings. The predicted octanol–water partition coefficient (Wildman–Crippen LogP) is 1.10. The van der Waals surface area contributed by atoms with Gasteiger partial charge in [0.25, 0.3) is 0 Å². The van der Waals surface area contributed by atoms with Crippen LogP contribution in [0.2, 0.25) is 0 Å². The van der Waals surface area contributed by atoms with Gasteiger partial charge in [0.2, 0.25) is 0 Å². The quantitative estimate of drug-likeness (QED) is 0.0126. The van der Waals surface area contributed by atoms with Crippen LogP contribution in [0.15, 0.2) is 120 Å². The summed E-state index contributed by atoms with van der Waals surface area (Å²) in [6.45, 7) is 2.91. The van der Waals surface area contributed by atoms with Crippen LogP contribution in [0.1, 0.15) is 95.2 Å². The zero-order valence-corrected chi connectivity index (χ0v) is 69.4. The number of ketones is 2. The van der Waals surface area contributed by atoms with Crippen LogP contribution in [0, 0.1) is 23.7 Å². The largest absolute Gasteiger partial charge is 0.445 e. The number of azide groups is 1. The van der Waals surface area contributed by atoms with E-state index in [1.165, 1.54) is 6.92 Å². The molecule has 4 saturated heterocycles. The summed E-state index contributed by atoms with van der Waals surface area (Å²) < 4.78 is 120. The SMILES string of the molecule is CC[C@@H]1C=C[C@@H](NC(=O)OCc2ccccc2)[C@@H](O[C@H]2[C@H](O[C@@H]3O[C@H](CO)[C@@H](O[C@H]4O[C@@H](CNC(=O)OCc5ccccc5)C=C[C@H]4NC(=O)OCc4ccccc4)[C@H]3O)[C@@H](O)[C@H](CC(=O)[C@H](C)[C@@H](F)CN=[N+]=[N-])C[C@@H]2C)O1.NC[C@@H]1CC[C@@H](N)[C@@H](O[C@H]2[C@H](O[C@@H]3O[C@H](CO)[C@@H](O[C@H]4O[C@@H](CN)CC[C@H]4N)[C@H]3O)[C@@H](O)[C@H](CC(=O)[C@H](O)[C@@H](F)CN)C[C@@H]2N)O1. The minimum Gasteiger partial charge on any atom is -0.445 e. The monoisotopic (exact) mass is 1760 g/mol. The van der Waals surface area contributed by atoms with Crippen molar-refractivity contribution < 1.29 is 140 Å². The highest BCUT2D eigenvalue weighted by Gasteiger charge is 2.56. The Labute approximate surface area is 716 Å². The van der Waals surface area contributed by atoms with Gasteiger partial charge in [-0.1, -0.05) is 141 Å². The summed E-state index contributed by atoms with van der Waals surface area (Å²) in [5, 5.41) is 89.5. The summed E-state index contributed by atoms with van der Waals surface area (Å²) in [4.78, 5) is 68.0. The Morgan fingerprint density at radius 3 is 1.42 bits per heavy atom. The van der Waals surface area contributed by atoms with Crippen molar-refractivity contribution in [1.82, 2.24) is 16.0 Å². The number of nitrogens with zero attached hydrogens (tertiary/aromatic N) is 3. The fourth-order valence-electron chi connectivity index (χ4n) is 16.0. The van der Waals surface area contributed by atoms with Crippen molar-refractivity contribution in [1.29, 1.82) is 0 Å². The molecule has 3 amide bonds. The van der Waals surface area contributed by atoms with E-state index in [2.05, 4.69) is 26.0 Å². The Hall–Kier alpha value is -7.54. The van der Waals surface area contributed by atoms with Crippen LogP contribution >= 0.6 is 0 Å². The number of halogens is 2. The topological polar surface area (TPSA) is 606 Å². The van der Waals surface area contributed by atoms with Gasteiger partial charge in [0.15, 0.2) is 43.5 Å². The molecule has 0 radical (unpaired) electrons. The number of carbonyl (C=O) groups excluding carboxylic acids is 5. The number of nitrogens with one attached hydrogen (secondary N) is 3. The molecule has 41 heteroatoms. The van der Waals surface area contributed by atoms with E-state index in [1.54, 1.807) is 79.8 Å². The molecule has 11 rings (SSSR count). The molecule has 22 N–H and O–H groups in total. The predicted molar refractivity (Wildman–Crippen MR) is 433 cm³/mol. The lowest BCUT2D eigenvalue weighted by Crippen LogP contribution is -2.63. The molecular weight excluding hydrogens is 1630 g/mol. The highest BCUT2D eigenvalue weighted by atomic mass is 19.1. The number of Topliss-reactive ketones (excluding diaryl/α,β-unsaturated/α-hetero) is 2. The lowest BCUT2D eigenvalue weighted by atomic mass is 9.73. The Bertz CT molecular complexity index is 3890. The van der Waals surface area contributed by atoms with Crippen LogP contribution in [-0.2, 0) is 100 Å². The summed E-state index contributed by atoms with van der Waals surface area (Å²) in [7, 11) is 0. The van der Waals surface area contributed by atoms with Crippen molar-refractivity contribution in [3.8, 4) is 0 Å². The maximum Gasteiger partial charge on any atom is 0.408 e. The number of ether oxygens (including phenoxy) is 15. The van der Waals surface area contributed by atoms with E-state index < -0.39 is 258 Å². The summed E-state index contributed by atoms with van der Waals surface area (Å²) >= 11 is 0. The average Bonchev–Trinajstić information content (AvgIpc) is 1.50. The standard InChI is InChI=1S/C55H69FN6O16.C28H53FN6O11/c1-4-38-20-22-41(60-54(68)71-30-35-16-10-6-11-17-35)50(73-38)76-47-32(2)24-37(25-43(64)33(3)40(56)27-59-62-57)45(65)49(47)78-52-46(66)48(44(28-63)75-52)77-51-42(61-55(69)72-31-36-18-12-7-13-19-36)23-21-39(74-51)26-58-53(67)70-29-34-14-8-5-9-15-34;29-14(9-32)21(39)18(37)6-11-5-17(35)23(44-26-15(33)3-1-12(7-30)41-26)25(20(11)38)46-28-22(40)24(19(10-36)43-28)45-27-16(34)4-2-13(8-31)42-27/h5-23,32-33,37-42,44-52,63,65-66H,4,24-31H2,1-3H3,(H,58,67)(H,60,68)(H,61,69);11-17,19-28,36,38-40H,1-10,30-35H2/t32-,33+,37-,38+,39+,40-,41+,42+,44+,45-,46+,47+,48+,49+,50+,51+,52-;11-,12-,13+,14-,15+,16+,17-,19+,20-,21+,22+,23+,24+,25+,26+,27+,28-/m00/s1. The van der Waals surface area contributed by atoms with Crippen LogP contribution in [0.4, 0.5) is 23.2 Å². The van der Waals surface area contributed by atoms with E-state index in [1.807, 2.05) is 49.4 Å². The lowest BCUT2D eigenvalue weighted by molar-refractivity contribution is -0.291. The first-order chi connectivity index (χ1) is 59.6. The number of alkyl carbamates (subject to hydrolysis) is 3. The molecule has 2 aliphatic carbocycles. The first-order valence-electron chi connectivity index (χ1n) is 42.1. The number of nitrogens with two attached hydrogens (primary N) is 6. The summed E-state index contributed by atoms with van der Waals surface area (Å²) in [6.07, 6.45) is -25.0. The maximum atomic E-state index is 15.0. The van der Waals surface area contributed by atoms with Gasteiger partial charge in [0, 0.05) is 49.3 Å². The van der Waals surface area contributed by atoms with Gasteiger partial charge >= 0.3 is 18.3 Å². The number of benzene rings is 3. The molecular formula is C83H122F2N12O27. The van der Waals surface area contributed by atoms with Crippen LogP contribution in [0.3, 0.4) is 0 Å². The van der Waals surface area contributed by atoms with Crippen molar-refractivity contribution in [3.05, 3.63) is 142 Å². The molecule has 6 aliphatic heterocycles. The van der Waals surface area contributed by atoms with Crippen molar-refractivity contribution >= 4 is 29.8 Å². The van der Waals surface area contributed by atoms with Gasteiger partial charge in [-0.15, -0.1) is 0 Å². The maximum absolute atomic E-state index is 15.0. The minimum absolute atomic E-state index is 0.0122. The molecule has 6 heterocycles. The lowest BCUT2D eigenvalue weighted by Gasteiger charge is -2.46. The number of carbonyl (C=O) groups is 5. The number of rotatable bonds is 38. The van der Waals surface area contributed by atoms with Crippen LogP contribution in [0.25, 0.3) is 10.4 Å². The normalized spacial score (nSPS) is 35.7. The third kappa shape index (κ3) is 27.3. The van der Waals surface area contributed by atoms with E-state index in [0.29, 0.717) is 32.1 Å². The fraction of sp³-hybridized carbons (Fsp3) is 0.675. The Morgan fingerprint density at radius 2 is 0.952 bits per heavy atom. The van der Waals surface area contributed by atoms with Crippen LogP contribution in [0.5, 0.6) is 0 Å². The molecule has 34 atom stereocenters. The molecule has 6 fully saturated rings. The van der Waals surface area contributed by atoms with Crippen molar-refractivity contribution in [3.63, 3.8) is 0 Å². The molecule has 0 bridgehead atoms. The highest BCUT2D eigenvalue weighted by molar-refractivity contribution is 5.84. The van der Waals surface area contributed by atoms with Gasteiger partial charge in [-0.2, -0.15) is 0 Å². The number of hydrogen-bond donors (Lipinski definition) is 16. The molecule has 8 aliphatic rings. The van der Waals surface area contributed by atoms with E-state index in [0.717, 1.165) is 16.7 Å². The molecule has 39 nitrogen and oxygen atoms in total. The van der Waals surface area contributed by atoms with Crippen molar-refractivity contribution in [2.75, 3.05) is 45.9 Å². The second-order valence-electron chi connectivity index (χ2n) is 32.3. The van der Waals surface area contributed by atoms with E-state index in [-0.39, 0.29) is 70.9 Å². The van der Waals surface area contributed by atoms with Crippen LogP contribution < -0.4 is 50.4 Å². The summed E-state index contributed by atoms with van der Waals surface area (Å²) in [5.41, 5.74) is 46.8. The van der Waals surface area contributed by atoms with Gasteiger partial charge in [0.1, 0.15) is 111 Å². The van der Waals surface area contributed by atoms with Gasteiger partial charge in [-0.05, 0) is 84.9 Å². The summed E-state index contributed by atoms with van der Waals surface area (Å²) in [5.74, 6) is -4.94. The zero-order valence-electron chi connectivity index (χ0n) is 69.4. The minimum atomic E-state index is -1.99. The van der Waals surface area contributed by atoms with E-state index in [9.17, 15) is 64.1 Å². The number of hydrogen-bond acceptors (Lipinski definition) is 34. The van der Waals surface area contributed by atoms with Crippen molar-refractivity contribution in [2.45, 2.75) is 282 Å². The molecule has 124 heavy (non-hydrogen) atoms. The van der Waals surface area contributed by atoms with E-state index >= 15 is 4.39 Å². The molecule has 2 saturated carbocycles. The second-order valence-corrected chi connectivity index (χ2v) is 32.3. The molecule has 0 unspecified atom stereocenters. The molecule has 3 aromatic carbocycles. The third-order valence-electron chi connectivity index (χ3n) is 23.3. The number of aliphatic hydroxyl groups is 7. The Balaban J connectivity index is 0.000000297. The smallest absolute Gasteiger partial charge is 0.408 e. The van der Waals surface area contributed by atoms with Gasteiger partial charge in [0.05, 0.1) is 81.1 Å². The number of amides is 3. The zero-order chi connectivity index (χ0) is 89.3. The van der Waals surface area contributed by atoms with Gasteiger partial charge in [-0.25, -0.2) is 23.2 Å². The van der Waals surface area contributed by atoms with Gasteiger partial charge in [-0.3, -0.25) is 9.59 Å². The number of aliphatic hydroxyl groups excluding tert-OH is 7. The average molecular weight is 1760 g/mol. The van der Waals surface area contributed by atoms with Gasteiger partial charge < -0.3 is 157 Å². The van der Waals surface area contributed by atoms with Crippen molar-refractivity contribution in [2.24, 2.45) is 63.2 Å².